The summed E-state index contributed by atoms with van der Waals surface area (Å²) in [6.45, 7) is 2.02. The zero-order valence-electron chi connectivity index (χ0n) is 8.28. The van der Waals surface area contributed by atoms with Gasteiger partial charge in [-0.15, -0.1) is 11.8 Å². The molecule has 1 rings (SSSR count). The van der Waals surface area contributed by atoms with Gasteiger partial charge < -0.3 is 9.26 Å². The van der Waals surface area contributed by atoms with Crippen LogP contribution < -0.4 is 0 Å². The highest BCUT2D eigenvalue weighted by molar-refractivity contribution is 7.99. The van der Waals surface area contributed by atoms with E-state index in [2.05, 4.69) is 9.89 Å². The molecule has 0 fully saturated rings. The van der Waals surface area contributed by atoms with Crippen LogP contribution in [0.25, 0.3) is 0 Å². The Morgan fingerprint density at radius 3 is 3.07 bits per heavy atom. The SMILES string of the molecule is CCc1cc(CSCC(=O)OC)on1. The molecule has 0 unspecified atom stereocenters. The van der Waals surface area contributed by atoms with Crippen LogP contribution in [0.1, 0.15) is 18.4 Å². The van der Waals surface area contributed by atoms with Crippen LogP contribution in [0.4, 0.5) is 0 Å². The van der Waals surface area contributed by atoms with Crippen molar-refractivity contribution in [3.8, 4) is 0 Å². The van der Waals surface area contributed by atoms with Crippen molar-refractivity contribution >= 4 is 17.7 Å². The average Bonchev–Trinajstić information content (AvgIpc) is 2.65. The fraction of sp³-hybridized carbons (Fsp3) is 0.556. The fourth-order valence-corrected chi connectivity index (χ4v) is 1.61. The zero-order valence-corrected chi connectivity index (χ0v) is 9.10. The number of hydrogen-bond donors (Lipinski definition) is 0. The molecule has 1 heterocycles. The van der Waals surface area contributed by atoms with Gasteiger partial charge in [-0.05, 0) is 6.42 Å². The first-order chi connectivity index (χ1) is 6.76. The number of carbonyl (C=O) groups is 1. The number of esters is 1. The molecule has 1 aromatic rings. The Hall–Kier alpha value is -0.970. The molecular weight excluding hydrogens is 202 g/mol. The summed E-state index contributed by atoms with van der Waals surface area (Å²) < 4.78 is 9.56. The molecule has 0 amide bonds. The van der Waals surface area contributed by atoms with Gasteiger partial charge in [0, 0.05) is 6.07 Å². The third kappa shape index (κ3) is 3.41. The molecule has 0 radical (unpaired) electrons. The smallest absolute Gasteiger partial charge is 0.315 e. The molecule has 0 N–H and O–H groups in total. The van der Waals surface area contributed by atoms with Gasteiger partial charge in [-0.25, -0.2) is 0 Å². The van der Waals surface area contributed by atoms with E-state index in [-0.39, 0.29) is 5.97 Å². The number of nitrogens with zero attached hydrogens (tertiary/aromatic N) is 1. The topological polar surface area (TPSA) is 52.3 Å². The van der Waals surface area contributed by atoms with Gasteiger partial charge >= 0.3 is 5.97 Å². The lowest BCUT2D eigenvalue weighted by atomic mass is 10.3. The van der Waals surface area contributed by atoms with E-state index >= 15 is 0 Å². The number of ether oxygens (including phenoxy) is 1. The Morgan fingerprint density at radius 2 is 2.50 bits per heavy atom. The van der Waals surface area contributed by atoms with E-state index in [1.807, 2.05) is 13.0 Å². The van der Waals surface area contributed by atoms with Crippen molar-refractivity contribution in [2.75, 3.05) is 12.9 Å². The zero-order chi connectivity index (χ0) is 10.4. The maximum Gasteiger partial charge on any atom is 0.315 e. The molecule has 0 aromatic carbocycles. The van der Waals surface area contributed by atoms with Crippen LogP contribution in [0, 0.1) is 0 Å². The Bertz CT molecular complexity index is 298. The number of methoxy groups -OCH3 is 1. The van der Waals surface area contributed by atoms with Gasteiger partial charge in [-0.3, -0.25) is 4.79 Å². The molecule has 0 atom stereocenters. The Balaban J connectivity index is 2.27. The lowest BCUT2D eigenvalue weighted by molar-refractivity contribution is -0.137. The minimum Gasteiger partial charge on any atom is -0.468 e. The minimum absolute atomic E-state index is 0.217. The molecule has 1 aromatic heterocycles. The predicted molar refractivity (Wildman–Crippen MR) is 54.1 cm³/mol. The molecule has 0 spiro atoms. The molecule has 0 saturated heterocycles. The van der Waals surface area contributed by atoms with E-state index in [0.29, 0.717) is 11.5 Å². The second-order valence-corrected chi connectivity index (χ2v) is 3.69. The molecule has 0 bridgehead atoms. The first-order valence-corrected chi connectivity index (χ1v) is 5.50. The molecular formula is C9H13NO3S. The van der Waals surface area contributed by atoms with Crippen LogP contribution in [-0.2, 0) is 21.7 Å². The van der Waals surface area contributed by atoms with Crippen molar-refractivity contribution < 1.29 is 14.1 Å². The Kier molecular flexibility index (Phi) is 4.52. The van der Waals surface area contributed by atoms with Crippen LogP contribution in [0.15, 0.2) is 10.6 Å². The van der Waals surface area contributed by atoms with Crippen LogP contribution in [0.2, 0.25) is 0 Å². The second kappa shape index (κ2) is 5.70. The molecule has 78 valence electrons. The second-order valence-electron chi connectivity index (χ2n) is 2.71. The van der Waals surface area contributed by atoms with Crippen molar-refractivity contribution in [3.05, 3.63) is 17.5 Å². The normalized spacial score (nSPS) is 10.1. The van der Waals surface area contributed by atoms with Gasteiger partial charge in [0.2, 0.25) is 0 Å². The summed E-state index contributed by atoms with van der Waals surface area (Å²) in [6, 6.07) is 1.91. The monoisotopic (exact) mass is 215 g/mol. The van der Waals surface area contributed by atoms with Crippen molar-refractivity contribution in [1.82, 2.24) is 5.16 Å². The Labute approximate surface area is 87.0 Å². The predicted octanol–water partition coefficient (Wildman–Crippen LogP) is 1.64. The van der Waals surface area contributed by atoms with Crippen molar-refractivity contribution in [1.29, 1.82) is 0 Å². The third-order valence-electron chi connectivity index (χ3n) is 1.66. The van der Waals surface area contributed by atoms with Gasteiger partial charge in [0.25, 0.3) is 0 Å². The summed E-state index contributed by atoms with van der Waals surface area (Å²) in [5.41, 5.74) is 0.943. The van der Waals surface area contributed by atoms with Crippen molar-refractivity contribution in [3.63, 3.8) is 0 Å². The lowest BCUT2D eigenvalue weighted by Gasteiger charge is -1.96. The fourth-order valence-electron chi connectivity index (χ4n) is 0.884. The molecule has 4 nitrogen and oxygen atoms in total. The summed E-state index contributed by atoms with van der Waals surface area (Å²) in [5, 5.41) is 3.85. The number of aromatic nitrogens is 1. The molecule has 0 aliphatic carbocycles. The van der Waals surface area contributed by atoms with E-state index in [4.69, 9.17) is 4.52 Å². The summed E-state index contributed by atoms with van der Waals surface area (Å²) in [7, 11) is 1.38. The number of aryl methyl sites for hydroxylation is 1. The minimum atomic E-state index is -0.217. The van der Waals surface area contributed by atoms with E-state index in [1.165, 1.54) is 18.9 Å². The standard InChI is InChI=1S/C9H13NO3S/c1-3-7-4-8(13-10-7)5-14-6-9(11)12-2/h4H,3,5-6H2,1-2H3. The van der Waals surface area contributed by atoms with E-state index in [1.54, 1.807) is 0 Å². The molecule has 0 saturated carbocycles. The largest absolute Gasteiger partial charge is 0.468 e. The number of rotatable bonds is 5. The van der Waals surface area contributed by atoms with Crippen LogP contribution >= 0.6 is 11.8 Å². The van der Waals surface area contributed by atoms with Crippen molar-refractivity contribution in [2.24, 2.45) is 0 Å². The van der Waals surface area contributed by atoms with Gasteiger partial charge in [0.05, 0.1) is 24.3 Å². The van der Waals surface area contributed by atoms with Crippen LogP contribution in [0.5, 0.6) is 0 Å². The first-order valence-electron chi connectivity index (χ1n) is 4.35. The number of thioether (sulfide) groups is 1. The van der Waals surface area contributed by atoms with Gasteiger partial charge in [-0.1, -0.05) is 12.1 Å². The molecule has 0 aliphatic heterocycles. The van der Waals surface area contributed by atoms with Gasteiger partial charge in [-0.2, -0.15) is 0 Å². The summed E-state index contributed by atoms with van der Waals surface area (Å²) >= 11 is 1.45. The summed E-state index contributed by atoms with van der Waals surface area (Å²) in [5.74, 6) is 1.58. The van der Waals surface area contributed by atoms with Gasteiger partial charge in [0.1, 0.15) is 5.76 Å². The summed E-state index contributed by atoms with van der Waals surface area (Å²) in [4.78, 5) is 10.8. The highest BCUT2D eigenvalue weighted by atomic mass is 32.2. The van der Waals surface area contributed by atoms with Crippen LogP contribution in [0.3, 0.4) is 0 Å². The molecule has 5 heteroatoms. The van der Waals surface area contributed by atoms with E-state index in [0.717, 1.165) is 17.9 Å². The lowest BCUT2D eigenvalue weighted by Crippen LogP contribution is -2.03. The number of hydrogen-bond acceptors (Lipinski definition) is 5. The highest BCUT2D eigenvalue weighted by Crippen LogP contribution is 2.13. The molecule has 0 aliphatic rings. The maximum atomic E-state index is 10.8. The quantitative estimate of drug-likeness (QED) is 0.699. The maximum absolute atomic E-state index is 10.8. The van der Waals surface area contributed by atoms with E-state index < -0.39 is 0 Å². The average molecular weight is 215 g/mol. The first kappa shape index (κ1) is 11.1. The van der Waals surface area contributed by atoms with E-state index in [9.17, 15) is 4.79 Å². The third-order valence-corrected chi connectivity index (χ3v) is 2.59. The highest BCUT2D eigenvalue weighted by Gasteiger charge is 2.05. The number of carbonyl (C=O) groups excluding carboxylic acids is 1. The Morgan fingerprint density at radius 1 is 1.71 bits per heavy atom. The molecule has 14 heavy (non-hydrogen) atoms. The van der Waals surface area contributed by atoms with Crippen LogP contribution in [-0.4, -0.2) is 24.0 Å². The van der Waals surface area contributed by atoms with Gasteiger partial charge in [0.15, 0.2) is 0 Å². The van der Waals surface area contributed by atoms with Crippen molar-refractivity contribution in [2.45, 2.75) is 19.1 Å². The summed E-state index contributed by atoms with van der Waals surface area (Å²) in [6.07, 6.45) is 0.866.